The maximum absolute atomic E-state index is 12.2. The van der Waals surface area contributed by atoms with Crippen molar-refractivity contribution in [3.63, 3.8) is 0 Å². The van der Waals surface area contributed by atoms with E-state index in [1.807, 2.05) is 13.8 Å². The first kappa shape index (κ1) is 18.1. The number of fused-ring (bicyclic) bond motifs is 2. The van der Waals surface area contributed by atoms with Crippen LogP contribution in [0.2, 0.25) is 0 Å². The van der Waals surface area contributed by atoms with E-state index in [1.54, 1.807) is 19.1 Å². The van der Waals surface area contributed by atoms with Crippen LogP contribution in [0, 0.1) is 5.92 Å². The van der Waals surface area contributed by atoms with Gasteiger partial charge in [-0.05, 0) is 31.9 Å². The number of nitrogens with two attached hydrogens (primary N) is 1. The number of esters is 1. The number of hydrogen-bond acceptors (Lipinski definition) is 8. The summed E-state index contributed by atoms with van der Waals surface area (Å²) >= 11 is 0. The number of anilines is 1. The number of ether oxygens (including phenoxy) is 2. The molecule has 9 heteroatoms. The minimum absolute atomic E-state index is 0.229. The summed E-state index contributed by atoms with van der Waals surface area (Å²) in [5.41, 5.74) is 4.10. The lowest BCUT2D eigenvalue weighted by atomic mass is 9.91. The third-order valence-electron chi connectivity index (χ3n) is 5.96. The molecule has 1 saturated heterocycles. The first-order valence-corrected chi connectivity index (χ1v) is 9.16. The van der Waals surface area contributed by atoms with E-state index < -0.39 is 29.5 Å². The number of aromatic nitrogens is 3. The van der Waals surface area contributed by atoms with Crippen molar-refractivity contribution in [2.75, 3.05) is 5.73 Å². The van der Waals surface area contributed by atoms with Crippen LogP contribution >= 0.6 is 0 Å². The average Bonchev–Trinajstić information content (AvgIpc) is 2.97. The summed E-state index contributed by atoms with van der Waals surface area (Å²) in [5.74, 6) is -0.306. The summed E-state index contributed by atoms with van der Waals surface area (Å²) in [4.78, 5) is 16.2. The van der Waals surface area contributed by atoms with Crippen molar-refractivity contribution in [2.45, 2.75) is 63.1 Å². The normalized spacial score (nSPS) is 34.8. The van der Waals surface area contributed by atoms with Crippen LogP contribution in [0.25, 0.3) is 5.52 Å². The third-order valence-corrected chi connectivity index (χ3v) is 5.96. The number of aliphatic hydroxyl groups excluding tert-OH is 1. The van der Waals surface area contributed by atoms with Crippen LogP contribution in [0.4, 0.5) is 5.82 Å². The summed E-state index contributed by atoms with van der Waals surface area (Å²) in [6, 6.07) is 3.45. The van der Waals surface area contributed by atoms with Gasteiger partial charge in [-0.3, -0.25) is 4.79 Å². The summed E-state index contributed by atoms with van der Waals surface area (Å²) in [6.45, 7) is 5.48. The van der Waals surface area contributed by atoms with Gasteiger partial charge >= 0.3 is 5.97 Å². The molecule has 0 radical (unpaired) electrons. The number of aliphatic hydroxyl groups is 2. The van der Waals surface area contributed by atoms with Gasteiger partial charge in [-0.25, -0.2) is 9.50 Å². The second kappa shape index (κ2) is 5.88. The van der Waals surface area contributed by atoms with Gasteiger partial charge in [0.2, 0.25) is 0 Å². The van der Waals surface area contributed by atoms with E-state index in [9.17, 15) is 15.0 Å². The molecule has 0 bridgehead atoms. The van der Waals surface area contributed by atoms with Gasteiger partial charge in [0.1, 0.15) is 29.7 Å². The van der Waals surface area contributed by atoms with Crippen molar-refractivity contribution < 1.29 is 24.5 Å². The Kier molecular flexibility index (Phi) is 3.95. The number of carbonyl (C=O) groups excluding carboxylic acids is 1. The molecule has 2 fully saturated rings. The Morgan fingerprint density at radius 1 is 1.44 bits per heavy atom. The molecule has 0 amide bonds. The molecule has 4 N–H and O–H groups in total. The van der Waals surface area contributed by atoms with E-state index in [4.69, 9.17) is 15.2 Å². The van der Waals surface area contributed by atoms with Crippen LogP contribution in [-0.2, 0) is 19.9 Å². The van der Waals surface area contributed by atoms with E-state index in [2.05, 4.69) is 10.1 Å². The molecule has 2 aromatic heterocycles. The van der Waals surface area contributed by atoms with Gasteiger partial charge in [-0.2, -0.15) is 5.10 Å². The lowest BCUT2D eigenvalue weighted by Crippen LogP contribution is -2.46. The third kappa shape index (κ3) is 2.31. The second-order valence-electron chi connectivity index (χ2n) is 7.47. The van der Waals surface area contributed by atoms with Crippen molar-refractivity contribution >= 4 is 17.3 Å². The minimum atomic E-state index is -1.64. The fourth-order valence-electron chi connectivity index (χ4n) is 4.10. The molecule has 9 nitrogen and oxygen atoms in total. The SMILES string of the molecule is CCC(CC)C(=O)OC1[C@H]2O[C@@](C)(c3ccc4c(N)ncnn34)[C@H](O)[C@@]12O. The number of rotatable bonds is 5. The molecule has 2 aromatic rings. The standard InChI is InChI=1S/C18H24N4O5/c1-4-9(5-2)15(23)26-12-13-18(12,25)16(24)17(3,27-13)11-7-6-10-14(19)20-8-21-22(10)11/h6-9,12-13,16,24-25H,4-5H2,1-3H3,(H2,19,20,21)/t12?,13-,16+,17+,18-/m1/s1. The van der Waals surface area contributed by atoms with Crippen molar-refractivity contribution in [1.82, 2.24) is 14.6 Å². The van der Waals surface area contributed by atoms with Crippen LogP contribution < -0.4 is 5.73 Å². The average molecular weight is 376 g/mol. The van der Waals surface area contributed by atoms with Gasteiger partial charge in [-0.1, -0.05) is 13.8 Å². The Morgan fingerprint density at radius 2 is 2.15 bits per heavy atom. The first-order valence-electron chi connectivity index (χ1n) is 9.16. The van der Waals surface area contributed by atoms with Crippen LogP contribution in [0.15, 0.2) is 18.5 Å². The van der Waals surface area contributed by atoms with E-state index in [0.29, 0.717) is 29.9 Å². The van der Waals surface area contributed by atoms with Gasteiger partial charge in [-0.15, -0.1) is 0 Å². The highest BCUT2D eigenvalue weighted by Crippen LogP contribution is 2.59. The molecular weight excluding hydrogens is 352 g/mol. The molecule has 1 aliphatic carbocycles. The summed E-state index contributed by atoms with van der Waals surface area (Å²) in [5, 5.41) is 26.0. The van der Waals surface area contributed by atoms with E-state index in [0.717, 1.165) is 0 Å². The van der Waals surface area contributed by atoms with Crippen LogP contribution in [-0.4, -0.2) is 54.7 Å². The molecule has 5 atom stereocenters. The zero-order valence-corrected chi connectivity index (χ0v) is 15.5. The Morgan fingerprint density at radius 3 is 2.74 bits per heavy atom. The summed E-state index contributed by atoms with van der Waals surface area (Å²) in [7, 11) is 0. The van der Waals surface area contributed by atoms with Gasteiger partial charge in [0.25, 0.3) is 0 Å². The molecular formula is C18H24N4O5. The molecule has 3 heterocycles. The lowest BCUT2D eigenvalue weighted by Gasteiger charge is -2.32. The van der Waals surface area contributed by atoms with E-state index >= 15 is 0 Å². The fraction of sp³-hybridized carbons (Fsp3) is 0.611. The zero-order chi connectivity index (χ0) is 19.6. The highest BCUT2D eigenvalue weighted by Gasteiger charge is 2.82. The largest absolute Gasteiger partial charge is 0.456 e. The van der Waals surface area contributed by atoms with Crippen LogP contribution in [0.3, 0.4) is 0 Å². The monoisotopic (exact) mass is 376 g/mol. The molecule has 146 valence electrons. The summed E-state index contributed by atoms with van der Waals surface area (Å²) < 4.78 is 13.0. The molecule has 1 saturated carbocycles. The number of carbonyl (C=O) groups is 1. The maximum atomic E-state index is 12.2. The van der Waals surface area contributed by atoms with E-state index in [1.165, 1.54) is 10.8 Å². The first-order chi connectivity index (χ1) is 12.8. The van der Waals surface area contributed by atoms with Crippen LogP contribution in [0.1, 0.15) is 39.3 Å². The van der Waals surface area contributed by atoms with Crippen molar-refractivity contribution in [1.29, 1.82) is 0 Å². The predicted molar refractivity (Wildman–Crippen MR) is 94.5 cm³/mol. The topological polar surface area (TPSA) is 132 Å². The molecule has 1 unspecified atom stereocenters. The van der Waals surface area contributed by atoms with E-state index in [-0.39, 0.29) is 11.9 Å². The molecule has 27 heavy (non-hydrogen) atoms. The maximum Gasteiger partial charge on any atom is 0.309 e. The molecule has 2 aliphatic rings. The lowest BCUT2D eigenvalue weighted by molar-refractivity contribution is -0.168. The quantitative estimate of drug-likeness (QED) is 0.638. The molecule has 0 aromatic carbocycles. The Balaban J connectivity index is 1.59. The number of nitrogen functional groups attached to an aromatic ring is 1. The number of nitrogens with zero attached hydrogens (tertiary/aromatic N) is 3. The smallest absolute Gasteiger partial charge is 0.309 e. The highest BCUT2D eigenvalue weighted by molar-refractivity contribution is 5.73. The number of hydrogen-bond donors (Lipinski definition) is 3. The Labute approximate surface area is 156 Å². The Bertz CT molecular complexity index is 897. The highest BCUT2D eigenvalue weighted by atomic mass is 16.6. The molecule has 0 spiro atoms. The second-order valence-corrected chi connectivity index (χ2v) is 7.47. The molecule has 4 rings (SSSR count). The minimum Gasteiger partial charge on any atom is -0.456 e. The van der Waals surface area contributed by atoms with Crippen molar-refractivity contribution in [2.24, 2.45) is 5.92 Å². The van der Waals surface area contributed by atoms with Crippen molar-refractivity contribution in [3.8, 4) is 0 Å². The van der Waals surface area contributed by atoms with Gasteiger partial charge in [0.05, 0.1) is 11.6 Å². The van der Waals surface area contributed by atoms with Gasteiger partial charge in [0.15, 0.2) is 17.5 Å². The van der Waals surface area contributed by atoms with Crippen molar-refractivity contribution in [3.05, 3.63) is 24.2 Å². The zero-order valence-electron chi connectivity index (χ0n) is 15.5. The van der Waals surface area contributed by atoms with Gasteiger partial charge in [0, 0.05) is 0 Å². The van der Waals surface area contributed by atoms with Crippen LogP contribution in [0.5, 0.6) is 0 Å². The fourth-order valence-corrected chi connectivity index (χ4v) is 4.10. The van der Waals surface area contributed by atoms with Gasteiger partial charge < -0.3 is 25.4 Å². The molecule has 1 aliphatic heterocycles. The summed E-state index contributed by atoms with van der Waals surface area (Å²) in [6.07, 6.45) is -0.344. The predicted octanol–water partition coefficient (Wildman–Crippen LogP) is 0.379. The Hall–Kier alpha value is -2.23.